The number of hydrogen-bond acceptors (Lipinski definition) is 3. The molecular formula is C16H24N4O. The summed E-state index contributed by atoms with van der Waals surface area (Å²) in [6.45, 7) is 4.81. The van der Waals surface area contributed by atoms with E-state index in [0.29, 0.717) is 12.5 Å². The minimum Gasteiger partial charge on any atom is -0.358 e. The van der Waals surface area contributed by atoms with Gasteiger partial charge in [0.05, 0.1) is 23.6 Å². The number of hydrogen-bond donors (Lipinski definition) is 2. The molecule has 21 heavy (non-hydrogen) atoms. The molecule has 0 bridgehead atoms. The van der Waals surface area contributed by atoms with E-state index >= 15 is 0 Å². The van der Waals surface area contributed by atoms with E-state index < -0.39 is 0 Å². The van der Waals surface area contributed by atoms with Crippen LogP contribution in [0, 0.1) is 5.92 Å². The third-order valence-corrected chi connectivity index (χ3v) is 3.66. The average molecular weight is 288 g/mol. The minimum absolute atomic E-state index is 0.0301. The second kappa shape index (κ2) is 6.72. The molecule has 1 aromatic heterocycles. The normalized spacial score (nSPS) is 12.8. The van der Waals surface area contributed by atoms with Gasteiger partial charge < -0.3 is 9.88 Å². The molecule has 1 heterocycles. The molecule has 0 aliphatic rings. The lowest BCUT2D eigenvalue weighted by atomic mass is 10.0. The van der Waals surface area contributed by atoms with Crippen molar-refractivity contribution in [3.05, 3.63) is 30.1 Å². The second-order valence-electron chi connectivity index (χ2n) is 5.75. The first-order chi connectivity index (χ1) is 10.0. The van der Waals surface area contributed by atoms with Crippen molar-refractivity contribution in [1.29, 1.82) is 0 Å². The molecule has 2 rings (SSSR count). The molecule has 2 aromatic rings. The first-order valence-corrected chi connectivity index (χ1v) is 7.38. The van der Waals surface area contributed by atoms with Crippen LogP contribution in [-0.4, -0.2) is 28.5 Å². The summed E-state index contributed by atoms with van der Waals surface area (Å²) in [6.07, 6.45) is 0.809. The fourth-order valence-electron chi connectivity index (χ4n) is 2.50. The summed E-state index contributed by atoms with van der Waals surface area (Å²) in [6, 6.07) is 7.86. The fourth-order valence-corrected chi connectivity index (χ4v) is 2.50. The van der Waals surface area contributed by atoms with Crippen LogP contribution in [0.15, 0.2) is 24.3 Å². The number of nitrogens with zero attached hydrogens (tertiary/aromatic N) is 2. The molecule has 0 aliphatic heterocycles. The Labute approximate surface area is 125 Å². The van der Waals surface area contributed by atoms with E-state index in [1.807, 2.05) is 25.2 Å². The van der Waals surface area contributed by atoms with E-state index in [4.69, 9.17) is 0 Å². The van der Waals surface area contributed by atoms with E-state index in [9.17, 15) is 4.79 Å². The smallest absolute Gasteiger partial charge is 0.236 e. The van der Waals surface area contributed by atoms with Gasteiger partial charge in [0.15, 0.2) is 0 Å². The number of nitrogens with one attached hydrogen (secondary N) is 2. The zero-order valence-electron chi connectivity index (χ0n) is 13.2. The lowest BCUT2D eigenvalue weighted by molar-refractivity contribution is -0.123. The molecule has 1 unspecified atom stereocenters. The van der Waals surface area contributed by atoms with Gasteiger partial charge in [-0.1, -0.05) is 26.0 Å². The minimum atomic E-state index is -0.185. The zero-order chi connectivity index (χ0) is 15.4. The van der Waals surface area contributed by atoms with Crippen molar-refractivity contribution in [3.8, 4) is 0 Å². The van der Waals surface area contributed by atoms with Crippen LogP contribution in [0.25, 0.3) is 11.0 Å². The SMILES string of the molecule is CNC(=O)C(CC(C)C)NCc1nc2ccccc2n1C. The summed E-state index contributed by atoms with van der Waals surface area (Å²) < 4.78 is 2.07. The zero-order valence-corrected chi connectivity index (χ0v) is 13.2. The van der Waals surface area contributed by atoms with E-state index in [0.717, 1.165) is 23.3 Å². The van der Waals surface area contributed by atoms with Crippen LogP contribution in [-0.2, 0) is 18.4 Å². The van der Waals surface area contributed by atoms with Gasteiger partial charge in [0.25, 0.3) is 0 Å². The Hall–Kier alpha value is -1.88. The number of likely N-dealkylation sites (N-methyl/N-ethyl adjacent to an activating group) is 1. The number of fused-ring (bicyclic) bond motifs is 1. The summed E-state index contributed by atoms with van der Waals surface area (Å²) in [5.41, 5.74) is 2.09. The first-order valence-electron chi connectivity index (χ1n) is 7.38. The number of para-hydroxylation sites is 2. The predicted molar refractivity (Wildman–Crippen MR) is 84.9 cm³/mol. The molecule has 5 nitrogen and oxygen atoms in total. The molecule has 114 valence electrons. The number of aromatic nitrogens is 2. The number of amides is 1. The van der Waals surface area contributed by atoms with Gasteiger partial charge in [0, 0.05) is 14.1 Å². The Morgan fingerprint density at radius 2 is 2.05 bits per heavy atom. The van der Waals surface area contributed by atoms with Crippen LogP contribution in [0.5, 0.6) is 0 Å². The van der Waals surface area contributed by atoms with E-state index in [1.165, 1.54) is 0 Å². The maximum Gasteiger partial charge on any atom is 0.236 e. The quantitative estimate of drug-likeness (QED) is 0.852. The number of carbonyl (C=O) groups excluding carboxylic acids is 1. The number of imidazole rings is 1. The van der Waals surface area contributed by atoms with Crippen LogP contribution >= 0.6 is 0 Å². The third-order valence-electron chi connectivity index (χ3n) is 3.66. The lowest BCUT2D eigenvalue weighted by Gasteiger charge is -2.19. The van der Waals surface area contributed by atoms with Crippen molar-refractivity contribution in [2.24, 2.45) is 13.0 Å². The van der Waals surface area contributed by atoms with Crippen LogP contribution in [0.3, 0.4) is 0 Å². The summed E-state index contributed by atoms with van der Waals surface area (Å²) in [5, 5.41) is 6.04. The molecule has 2 N–H and O–H groups in total. The average Bonchev–Trinajstić information content (AvgIpc) is 2.79. The van der Waals surface area contributed by atoms with Gasteiger partial charge in [-0.3, -0.25) is 10.1 Å². The van der Waals surface area contributed by atoms with E-state index in [2.05, 4.69) is 40.1 Å². The third kappa shape index (κ3) is 3.61. The molecule has 0 fully saturated rings. The molecular weight excluding hydrogens is 264 g/mol. The number of aryl methyl sites for hydroxylation is 1. The summed E-state index contributed by atoms with van der Waals surface area (Å²) in [4.78, 5) is 16.5. The molecule has 5 heteroatoms. The Morgan fingerprint density at radius 1 is 1.33 bits per heavy atom. The van der Waals surface area contributed by atoms with E-state index in [1.54, 1.807) is 7.05 Å². The number of carbonyl (C=O) groups is 1. The van der Waals surface area contributed by atoms with Crippen molar-refractivity contribution in [1.82, 2.24) is 20.2 Å². The summed E-state index contributed by atoms with van der Waals surface area (Å²) >= 11 is 0. The highest BCUT2D eigenvalue weighted by atomic mass is 16.2. The lowest BCUT2D eigenvalue weighted by Crippen LogP contribution is -2.43. The van der Waals surface area contributed by atoms with Crippen LogP contribution < -0.4 is 10.6 Å². The molecule has 1 amide bonds. The fraction of sp³-hybridized carbons (Fsp3) is 0.500. The van der Waals surface area contributed by atoms with Gasteiger partial charge in [0.2, 0.25) is 5.91 Å². The Morgan fingerprint density at radius 3 is 2.67 bits per heavy atom. The van der Waals surface area contributed by atoms with E-state index in [-0.39, 0.29) is 11.9 Å². The van der Waals surface area contributed by atoms with Crippen LogP contribution in [0.2, 0.25) is 0 Å². The van der Waals surface area contributed by atoms with Gasteiger partial charge in [-0.05, 0) is 24.5 Å². The van der Waals surface area contributed by atoms with Crippen LogP contribution in [0.1, 0.15) is 26.1 Å². The Balaban J connectivity index is 2.11. The molecule has 0 aliphatic carbocycles. The van der Waals surface area contributed by atoms with Gasteiger partial charge in [-0.2, -0.15) is 0 Å². The number of rotatable bonds is 6. The molecule has 0 saturated carbocycles. The highest BCUT2D eigenvalue weighted by Gasteiger charge is 2.19. The van der Waals surface area contributed by atoms with Crippen molar-refractivity contribution in [2.75, 3.05) is 7.05 Å². The summed E-state index contributed by atoms with van der Waals surface area (Å²) in [7, 11) is 3.68. The first kappa shape index (κ1) is 15.5. The summed E-state index contributed by atoms with van der Waals surface area (Å²) in [5.74, 6) is 1.43. The standard InChI is InChI=1S/C16H24N4O/c1-11(2)9-13(16(21)17-3)18-10-15-19-12-7-5-6-8-14(12)20(15)4/h5-8,11,13,18H,9-10H2,1-4H3,(H,17,21). The van der Waals surface area contributed by atoms with Gasteiger partial charge >= 0.3 is 0 Å². The predicted octanol–water partition coefficient (Wildman–Crippen LogP) is 1.82. The maximum absolute atomic E-state index is 11.9. The largest absolute Gasteiger partial charge is 0.358 e. The molecule has 0 radical (unpaired) electrons. The maximum atomic E-state index is 11.9. The van der Waals surface area contributed by atoms with Crippen molar-refractivity contribution < 1.29 is 4.79 Å². The number of benzene rings is 1. The van der Waals surface area contributed by atoms with Crippen molar-refractivity contribution >= 4 is 16.9 Å². The highest BCUT2D eigenvalue weighted by molar-refractivity contribution is 5.81. The van der Waals surface area contributed by atoms with Crippen molar-refractivity contribution in [2.45, 2.75) is 32.9 Å². The van der Waals surface area contributed by atoms with Crippen molar-refractivity contribution in [3.63, 3.8) is 0 Å². The van der Waals surface area contributed by atoms with Gasteiger partial charge in [-0.15, -0.1) is 0 Å². The second-order valence-corrected chi connectivity index (χ2v) is 5.75. The molecule has 1 atom stereocenters. The monoisotopic (exact) mass is 288 g/mol. The Bertz CT molecular complexity index is 618. The molecule has 1 aromatic carbocycles. The Kier molecular flexibility index (Phi) is 4.96. The van der Waals surface area contributed by atoms with Gasteiger partial charge in [-0.25, -0.2) is 4.98 Å². The van der Waals surface area contributed by atoms with Gasteiger partial charge in [0.1, 0.15) is 5.82 Å². The topological polar surface area (TPSA) is 59.0 Å². The molecule has 0 spiro atoms. The van der Waals surface area contributed by atoms with Crippen LogP contribution in [0.4, 0.5) is 0 Å². The molecule has 0 saturated heterocycles. The highest BCUT2D eigenvalue weighted by Crippen LogP contribution is 2.14.